The van der Waals surface area contributed by atoms with Crippen molar-refractivity contribution in [2.45, 2.75) is 44.9 Å². The van der Waals surface area contributed by atoms with Crippen molar-refractivity contribution in [3.63, 3.8) is 0 Å². The van der Waals surface area contributed by atoms with Crippen molar-refractivity contribution in [2.24, 2.45) is 5.92 Å². The Balaban J connectivity index is 2.64. The van der Waals surface area contributed by atoms with Gasteiger partial charge in [0.25, 0.3) is 0 Å². The number of thioether (sulfide) groups is 1. The molecule has 0 aliphatic carbocycles. The summed E-state index contributed by atoms with van der Waals surface area (Å²) in [5.41, 5.74) is 0. The molecule has 0 radical (unpaired) electrons. The van der Waals surface area contributed by atoms with Crippen molar-refractivity contribution in [2.75, 3.05) is 18.8 Å². The summed E-state index contributed by atoms with van der Waals surface area (Å²) in [6.07, 6.45) is 0.721. The first kappa shape index (κ1) is 16.1. The molecule has 1 unspecified atom stereocenters. The number of carboxylic acids is 1. The number of amides is 2. The van der Waals surface area contributed by atoms with Crippen molar-refractivity contribution in [3.8, 4) is 0 Å². The smallest absolute Gasteiger partial charge is 0.326 e. The van der Waals surface area contributed by atoms with E-state index in [9.17, 15) is 14.7 Å². The van der Waals surface area contributed by atoms with E-state index in [2.05, 4.69) is 19.2 Å². The number of hydrogen-bond donors (Lipinski definition) is 2. The molecule has 1 heterocycles. The van der Waals surface area contributed by atoms with Crippen LogP contribution in [0.25, 0.3) is 0 Å². The number of carboxylic acid groups (broad SMARTS) is 1. The van der Waals surface area contributed by atoms with Crippen LogP contribution in [0.1, 0.15) is 34.1 Å². The Bertz CT molecular complexity index is 347. The zero-order chi connectivity index (χ0) is 14.6. The molecule has 2 amide bonds. The number of urea groups is 1. The molecule has 1 rings (SSSR count). The maximum atomic E-state index is 12.2. The topological polar surface area (TPSA) is 69.6 Å². The first-order valence-corrected chi connectivity index (χ1v) is 7.67. The van der Waals surface area contributed by atoms with Gasteiger partial charge in [-0.15, -0.1) is 0 Å². The monoisotopic (exact) mass is 288 g/mol. The van der Waals surface area contributed by atoms with Crippen LogP contribution in [-0.2, 0) is 4.79 Å². The van der Waals surface area contributed by atoms with E-state index in [0.717, 1.165) is 12.2 Å². The molecule has 0 saturated carbocycles. The number of hydrogen-bond acceptors (Lipinski definition) is 3. The molecule has 1 aliphatic rings. The quantitative estimate of drug-likeness (QED) is 0.830. The number of nitrogens with one attached hydrogen (secondary N) is 1. The zero-order valence-electron chi connectivity index (χ0n) is 12.1. The molecule has 19 heavy (non-hydrogen) atoms. The summed E-state index contributed by atoms with van der Waals surface area (Å²) in [5.74, 6) is -0.149. The van der Waals surface area contributed by atoms with Crippen molar-refractivity contribution in [1.82, 2.24) is 10.2 Å². The van der Waals surface area contributed by atoms with Gasteiger partial charge in [-0.2, -0.15) is 11.8 Å². The van der Waals surface area contributed by atoms with Gasteiger partial charge in [-0.1, -0.05) is 20.3 Å². The molecule has 2 N–H and O–H groups in total. The predicted molar refractivity (Wildman–Crippen MR) is 77.5 cm³/mol. The second kappa shape index (κ2) is 6.50. The Labute approximate surface area is 119 Å². The molecule has 0 aromatic carbocycles. The lowest BCUT2D eigenvalue weighted by Gasteiger charge is -2.38. The number of nitrogens with zero attached hydrogens (tertiary/aromatic N) is 1. The van der Waals surface area contributed by atoms with E-state index in [0.29, 0.717) is 13.1 Å². The predicted octanol–water partition coefficient (Wildman–Crippen LogP) is 2.02. The maximum absolute atomic E-state index is 12.2. The summed E-state index contributed by atoms with van der Waals surface area (Å²) in [5, 5.41) is 11.8. The highest BCUT2D eigenvalue weighted by Crippen LogP contribution is 2.29. The molecule has 110 valence electrons. The van der Waals surface area contributed by atoms with Gasteiger partial charge in [-0.25, -0.2) is 9.59 Å². The average molecular weight is 288 g/mol. The summed E-state index contributed by atoms with van der Waals surface area (Å²) in [4.78, 5) is 25.1. The van der Waals surface area contributed by atoms with Gasteiger partial charge in [0.15, 0.2) is 0 Å². The van der Waals surface area contributed by atoms with E-state index < -0.39 is 12.0 Å². The van der Waals surface area contributed by atoms with Gasteiger partial charge in [0.2, 0.25) is 0 Å². The molecule has 5 nitrogen and oxygen atoms in total. The summed E-state index contributed by atoms with van der Waals surface area (Å²) in [7, 11) is 0. The molecule has 0 aromatic heterocycles. The molecule has 2 atom stereocenters. The number of carbonyl (C=O) groups is 2. The largest absolute Gasteiger partial charge is 0.480 e. The first-order valence-electron chi connectivity index (χ1n) is 6.69. The SMILES string of the molecule is CCC(C)[C@H](NC(=O)N1CCSC(C)(C)C1)C(=O)O. The summed E-state index contributed by atoms with van der Waals surface area (Å²) in [6, 6.07) is -1.07. The maximum Gasteiger partial charge on any atom is 0.326 e. The third-order valence-electron chi connectivity index (χ3n) is 3.47. The van der Waals surface area contributed by atoms with Gasteiger partial charge in [0, 0.05) is 23.6 Å². The minimum Gasteiger partial charge on any atom is -0.480 e. The van der Waals surface area contributed by atoms with Crippen molar-refractivity contribution in [1.29, 1.82) is 0 Å². The van der Waals surface area contributed by atoms with Crippen molar-refractivity contribution < 1.29 is 14.7 Å². The van der Waals surface area contributed by atoms with E-state index in [4.69, 9.17) is 0 Å². The third kappa shape index (κ3) is 4.60. The van der Waals surface area contributed by atoms with Gasteiger partial charge in [-0.3, -0.25) is 0 Å². The van der Waals surface area contributed by atoms with Crippen LogP contribution in [0, 0.1) is 5.92 Å². The van der Waals surface area contributed by atoms with Crippen LogP contribution >= 0.6 is 11.8 Å². The fraction of sp³-hybridized carbons (Fsp3) is 0.846. The van der Waals surface area contributed by atoms with Crippen LogP contribution in [0.3, 0.4) is 0 Å². The highest BCUT2D eigenvalue weighted by molar-refractivity contribution is 8.00. The van der Waals surface area contributed by atoms with Gasteiger partial charge in [-0.05, 0) is 19.8 Å². The molecule has 0 spiro atoms. The van der Waals surface area contributed by atoms with Gasteiger partial charge >= 0.3 is 12.0 Å². The lowest BCUT2D eigenvalue weighted by atomic mass is 9.99. The molecule has 1 fully saturated rings. The van der Waals surface area contributed by atoms with E-state index in [1.54, 1.807) is 4.90 Å². The third-order valence-corrected chi connectivity index (χ3v) is 4.77. The van der Waals surface area contributed by atoms with Crippen molar-refractivity contribution >= 4 is 23.8 Å². The molecule has 1 aliphatic heterocycles. The van der Waals surface area contributed by atoms with Crippen LogP contribution < -0.4 is 5.32 Å². The minimum atomic E-state index is -0.964. The standard InChI is InChI=1S/C13H24N2O3S/c1-5-9(2)10(11(16)17)14-12(18)15-6-7-19-13(3,4)8-15/h9-10H,5-8H2,1-4H3,(H,14,18)(H,16,17)/t9?,10-/m0/s1. The summed E-state index contributed by atoms with van der Waals surface area (Å²) in [6.45, 7) is 9.28. The second-order valence-electron chi connectivity index (χ2n) is 5.68. The number of carbonyl (C=O) groups excluding carboxylic acids is 1. The molecule has 0 bridgehead atoms. The molecule has 1 saturated heterocycles. The fourth-order valence-electron chi connectivity index (χ4n) is 2.10. The summed E-state index contributed by atoms with van der Waals surface area (Å²) < 4.78 is 0.0324. The highest BCUT2D eigenvalue weighted by Gasteiger charge is 2.32. The Kier molecular flexibility index (Phi) is 5.52. The highest BCUT2D eigenvalue weighted by atomic mass is 32.2. The molecular formula is C13H24N2O3S. The molecule has 0 aromatic rings. The number of rotatable bonds is 4. The Morgan fingerprint density at radius 2 is 2.11 bits per heavy atom. The Hall–Kier alpha value is -0.910. The van der Waals surface area contributed by atoms with Crippen LogP contribution in [0.15, 0.2) is 0 Å². The summed E-state index contributed by atoms with van der Waals surface area (Å²) >= 11 is 1.84. The first-order chi connectivity index (χ1) is 8.76. The Morgan fingerprint density at radius 3 is 2.58 bits per heavy atom. The second-order valence-corrected chi connectivity index (χ2v) is 7.48. The van der Waals surface area contributed by atoms with Crippen LogP contribution in [0.4, 0.5) is 4.79 Å². The van der Waals surface area contributed by atoms with E-state index >= 15 is 0 Å². The van der Waals surface area contributed by atoms with Crippen molar-refractivity contribution in [3.05, 3.63) is 0 Å². The lowest BCUT2D eigenvalue weighted by Crippen LogP contribution is -2.55. The Morgan fingerprint density at radius 1 is 1.47 bits per heavy atom. The van der Waals surface area contributed by atoms with Gasteiger partial charge in [0.1, 0.15) is 6.04 Å². The van der Waals surface area contributed by atoms with E-state index in [1.807, 2.05) is 25.6 Å². The van der Waals surface area contributed by atoms with Crippen LogP contribution in [-0.4, -0.2) is 51.6 Å². The van der Waals surface area contributed by atoms with Crippen LogP contribution in [0.5, 0.6) is 0 Å². The molecular weight excluding hydrogens is 264 g/mol. The van der Waals surface area contributed by atoms with Gasteiger partial charge < -0.3 is 15.3 Å². The normalized spacial score (nSPS) is 21.6. The van der Waals surface area contributed by atoms with E-state index in [-0.39, 0.29) is 16.7 Å². The van der Waals surface area contributed by atoms with E-state index in [1.165, 1.54) is 0 Å². The minimum absolute atomic E-state index is 0.0324. The number of aliphatic carboxylic acids is 1. The average Bonchev–Trinajstić information content (AvgIpc) is 2.33. The zero-order valence-corrected chi connectivity index (χ0v) is 12.9. The fourth-order valence-corrected chi connectivity index (χ4v) is 3.21. The molecule has 6 heteroatoms. The van der Waals surface area contributed by atoms with Gasteiger partial charge in [0.05, 0.1) is 0 Å². The lowest BCUT2D eigenvalue weighted by molar-refractivity contribution is -0.140. The van der Waals surface area contributed by atoms with Crippen LogP contribution in [0.2, 0.25) is 0 Å².